The van der Waals surface area contributed by atoms with Gasteiger partial charge in [0.15, 0.2) is 0 Å². The molecule has 6 heteroatoms. The lowest BCUT2D eigenvalue weighted by Gasteiger charge is -2.09. The molecule has 3 rings (SSSR count). The molecule has 0 radical (unpaired) electrons. The van der Waals surface area contributed by atoms with Gasteiger partial charge in [-0.15, -0.1) is 0 Å². The maximum absolute atomic E-state index is 11.0. The highest BCUT2D eigenvalue weighted by molar-refractivity contribution is 5.66. The fraction of sp³-hybridized carbons (Fsp3) is 0.118. The molecule has 0 amide bonds. The molecule has 0 aliphatic heterocycles. The zero-order chi connectivity index (χ0) is 16.4. The Hall–Kier alpha value is -3.15. The van der Waals surface area contributed by atoms with Gasteiger partial charge in [-0.1, -0.05) is 29.8 Å². The number of benzene rings is 2. The lowest BCUT2D eigenvalue weighted by molar-refractivity contribution is -0.384. The number of nitrogens with one attached hydrogen (secondary N) is 1. The molecular formula is C17H16N4O2. The van der Waals surface area contributed by atoms with E-state index in [1.54, 1.807) is 24.0 Å². The van der Waals surface area contributed by atoms with Crippen molar-refractivity contribution in [1.29, 1.82) is 0 Å². The molecule has 0 aliphatic carbocycles. The first-order valence-electron chi connectivity index (χ1n) is 7.16. The summed E-state index contributed by atoms with van der Waals surface area (Å²) in [5.74, 6) is 0. The summed E-state index contributed by atoms with van der Waals surface area (Å²) in [4.78, 5) is 15.0. The molecule has 0 saturated heterocycles. The Morgan fingerprint density at radius 1 is 1.17 bits per heavy atom. The van der Waals surface area contributed by atoms with Crippen molar-refractivity contribution in [2.24, 2.45) is 0 Å². The van der Waals surface area contributed by atoms with E-state index in [2.05, 4.69) is 10.3 Å². The SMILES string of the molecule is CNc1ccc([N+](=O)[O-])cc1-n1cnc(-c2ccc(C)cc2)c1. The molecule has 3 aromatic rings. The Balaban J connectivity index is 2.04. The van der Waals surface area contributed by atoms with Crippen molar-refractivity contribution < 1.29 is 4.92 Å². The summed E-state index contributed by atoms with van der Waals surface area (Å²) in [5.41, 5.74) is 4.54. The number of hydrogen-bond acceptors (Lipinski definition) is 4. The van der Waals surface area contributed by atoms with Gasteiger partial charge in [-0.25, -0.2) is 4.98 Å². The Kier molecular flexibility index (Phi) is 3.80. The zero-order valence-electron chi connectivity index (χ0n) is 12.9. The maximum Gasteiger partial charge on any atom is 0.271 e. The van der Waals surface area contributed by atoms with Gasteiger partial charge in [-0.3, -0.25) is 10.1 Å². The molecule has 0 spiro atoms. The van der Waals surface area contributed by atoms with Crippen LogP contribution >= 0.6 is 0 Å². The van der Waals surface area contributed by atoms with Crippen molar-refractivity contribution in [3.63, 3.8) is 0 Å². The van der Waals surface area contributed by atoms with E-state index in [-0.39, 0.29) is 5.69 Å². The van der Waals surface area contributed by atoms with E-state index in [1.165, 1.54) is 17.7 Å². The predicted octanol–water partition coefficient (Wildman–Crippen LogP) is 3.80. The second-order valence-corrected chi connectivity index (χ2v) is 5.24. The van der Waals surface area contributed by atoms with Gasteiger partial charge >= 0.3 is 0 Å². The standard InChI is InChI=1S/C17H16N4O2/c1-12-3-5-13(6-4-12)16-10-20(11-19-16)17-9-14(21(22)23)7-8-15(17)18-2/h3-11,18H,1-2H3. The summed E-state index contributed by atoms with van der Waals surface area (Å²) < 4.78 is 1.79. The number of rotatable bonds is 4. The molecule has 0 saturated carbocycles. The summed E-state index contributed by atoms with van der Waals surface area (Å²) in [6.07, 6.45) is 3.53. The van der Waals surface area contributed by atoms with E-state index in [9.17, 15) is 10.1 Å². The average molecular weight is 308 g/mol. The van der Waals surface area contributed by atoms with Gasteiger partial charge in [0.2, 0.25) is 0 Å². The van der Waals surface area contributed by atoms with Crippen LogP contribution in [0.25, 0.3) is 16.9 Å². The smallest absolute Gasteiger partial charge is 0.271 e. The van der Waals surface area contributed by atoms with Gasteiger partial charge in [0.1, 0.15) is 0 Å². The summed E-state index contributed by atoms with van der Waals surface area (Å²) in [7, 11) is 1.78. The minimum atomic E-state index is -0.402. The largest absolute Gasteiger partial charge is 0.386 e. The second kappa shape index (κ2) is 5.92. The Labute approximate surface area is 133 Å². The van der Waals surface area contributed by atoms with Crippen molar-refractivity contribution in [2.75, 3.05) is 12.4 Å². The third-order valence-corrected chi connectivity index (χ3v) is 3.67. The molecule has 1 N–H and O–H groups in total. The quantitative estimate of drug-likeness (QED) is 0.588. The molecule has 1 heterocycles. The molecule has 0 bridgehead atoms. The number of aromatic nitrogens is 2. The normalized spacial score (nSPS) is 10.5. The summed E-state index contributed by atoms with van der Waals surface area (Å²) in [6.45, 7) is 2.03. The molecule has 0 unspecified atom stereocenters. The number of nitro benzene ring substituents is 1. The number of hydrogen-bond donors (Lipinski definition) is 1. The maximum atomic E-state index is 11.0. The number of nitrogens with zero attached hydrogens (tertiary/aromatic N) is 3. The van der Waals surface area contributed by atoms with Crippen molar-refractivity contribution in [1.82, 2.24) is 9.55 Å². The van der Waals surface area contributed by atoms with E-state index in [0.717, 1.165) is 16.9 Å². The van der Waals surface area contributed by atoms with Gasteiger partial charge in [0.25, 0.3) is 5.69 Å². The van der Waals surface area contributed by atoms with E-state index in [0.29, 0.717) is 5.69 Å². The van der Waals surface area contributed by atoms with Crippen LogP contribution in [0.15, 0.2) is 55.0 Å². The molecule has 1 aromatic heterocycles. The molecule has 0 fully saturated rings. The number of imidazole rings is 1. The molecule has 23 heavy (non-hydrogen) atoms. The molecule has 6 nitrogen and oxygen atoms in total. The van der Waals surface area contributed by atoms with Gasteiger partial charge in [-0.2, -0.15) is 0 Å². The minimum absolute atomic E-state index is 0.0459. The number of non-ortho nitro benzene ring substituents is 1. The van der Waals surface area contributed by atoms with Gasteiger partial charge in [-0.05, 0) is 13.0 Å². The van der Waals surface area contributed by atoms with E-state index in [1.807, 2.05) is 37.4 Å². The van der Waals surface area contributed by atoms with Gasteiger partial charge in [0.05, 0.1) is 28.3 Å². The highest BCUT2D eigenvalue weighted by Crippen LogP contribution is 2.27. The average Bonchev–Trinajstić information content (AvgIpc) is 3.04. The summed E-state index contributed by atoms with van der Waals surface area (Å²) >= 11 is 0. The van der Waals surface area contributed by atoms with Crippen molar-refractivity contribution in [3.05, 3.63) is 70.7 Å². The van der Waals surface area contributed by atoms with Crippen LogP contribution in [-0.2, 0) is 0 Å². The zero-order valence-corrected chi connectivity index (χ0v) is 12.9. The topological polar surface area (TPSA) is 73.0 Å². The van der Waals surface area contributed by atoms with Crippen molar-refractivity contribution in [3.8, 4) is 16.9 Å². The first kappa shape index (κ1) is 14.8. The minimum Gasteiger partial charge on any atom is -0.386 e. The molecule has 0 atom stereocenters. The Bertz CT molecular complexity index is 853. The third kappa shape index (κ3) is 2.91. The lowest BCUT2D eigenvalue weighted by Crippen LogP contribution is -2.00. The van der Waals surface area contributed by atoms with Crippen LogP contribution in [0.4, 0.5) is 11.4 Å². The predicted molar refractivity (Wildman–Crippen MR) is 89.9 cm³/mol. The van der Waals surface area contributed by atoms with Crippen molar-refractivity contribution in [2.45, 2.75) is 6.92 Å². The summed E-state index contributed by atoms with van der Waals surface area (Å²) in [5, 5.41) is 14.0. The Morgan fingerprint density at radius 3 is 2.57 bits per heavy atom. The van der Waals surface area contributed by atoms with Crippen LogP contribution in [-0.4, -0.2) is 21.5 Å². The van der Waals surface area contributed by atoms with Crippen LogP contribution in [0.2, 0.25) is 0 Å². The molecular weight excluding hydrogens is 292 g/mol. The highest BCUT2D eigenvalue weighted by Gasteiger charge is 2.12. The molecule has 2 aromatic carbocycles. The van der Waals surface area contributed by atoms with Crippen LogP contribution in [0.5, 0.6) is 0 Å². The Morgan fingerprint density at radius 2 is 1.91 bits per heavy atom. The highest BCUT2D eigenvalue weighted by atomic mass is 16.6. The first-order chi connectivity index (χ1) is 11.1. The van der Waals surface area contributed by atoms with Gasteiger partial charge < -0.3 is 9.88 Å². The van der Waals surface area contributed by atoms with Gasteiger partial charge in [0, 0.05) is 30.9 Å². The second-order valence-electron chi connectivity index (χ2n) is 5.24. The van der Waals surface area contributed by atoms with Crippen LogP contribution < -0.4 is 5.32 Å². The first-order valence-corrected chi connectivity index (χ1v) is 7.16. The third-order valence-electron chi connectivity index (χ3n) is 3.67. The van der Waals surface area contributed by atoms with Crippen LogP contribution in [0.1, 0.15) is 5.56 Å². The lowest BCUT2D eigenvalue weighted by atomic mass is 10.1. The van der Waals surface area contributed by atoms with Crippen LogP contribution in [0, 0.1) is 17.0 Å². The fourth-order valence-electron chi connectivity index (χ4n) is 2.39. The molecule has 0 aliphatic rings. The van der Waals surface area contributed by atoms with E-state index in [4.69, 9.17) is 0 Å². The van der Waals surface area contributed by atoms with Crippen LogP contribution in [0.3, 0.4) is 0 Å². The summed E-state index contributed by atoms with van der Waals surface area (Å²) in [6, 6.07) is 12.8. The fourth-order valence-corrected chi connectivity index (χ4v) is 2.39. The number of nitro groups is 1. The van der Waals surface area contributed by atoms with Crippen molar-refractivity contribution >= 4 is 11.4 Å². The van der Waals surface area contributed by atoms with E-state index < -0.39 is 4.92 Å². The van der Waals surface area contributed by atoms with E-state index >= 15 is 0 Å². The number of aryl methyl sites for hydroxylation is 1. The molecule has 116 valence electrons. The monoisotopic (exact) mass is 308 g/mol. The number of anilines is 1.